The van der Waals surface area contributed by atoms with E-state index in [9.17, 15) is 8.42 Å². The number of aryl methyl sites for hydroxylation is 1. The van der Waals surface area contributed by atoms with Gasteiger partial charge in [-0.3, -0.25) is 9.40 Å². The molecule has 1 aliphatic heterocycles. The van der Waals surface area contributed by atoms with Crippen molar-refractivity contribution in [1.29, 1.82) is 0 Å². The lowest BCUT2D eigenvalue weighted by Gasteiger charge is -2.25. The molecule has 0 aliphatic carbocycles. The van der Waals surface area contributed by atoms with Crippen LogP contribution < -0.4 is 9.62 Å². The third-order valence-electron chi connectivity index (χ3n) is 3.69. The van der Waals surface area contributed by atoms with E-state index in [4.69, 9.17) is 0 Å². The molecule has 1 atom stereocenters. The van der Waals surface area contributed by atoms with Gasteiger partial charge in [-0.15, -0.1) is 0 Å². The van der Waals surface area contributed by atoms with Gasteiger partial charge >= 0.3 is 0 Å². The summed E-state index contributed by atoms with van der Waals surface area (Å²) in [5, 5.41) is 9.86. The summed E-state index contributed by atoms with van der Waals surface area (Å²) in [6, 6.07) is 7.65. The first-order valence-electron chi connectivity index (χ1n) is 6.84. The molecule has 112 valence electrons. The van der Waals surface area contributed by atoms with Gasteiger partial charge in [0, 0.05) is 19.1 Å². The summed E-state index contributed by atoms with van der Waals surface area (Å²) < 4.78 is 27.4. The summed E-state index contributed by atoms with van der Waals surface area (Å²) in [6.45, 7) is 4.75. The molecular weight excluding hydrogens is 288 g/mol. The Kier molecular flexibility index (Phi) is 3.46. The monoisotopic (exact) mass is 306 g/mol. The van der Waals surface area contributed by atoms with Crippen molar-refractivity contribution in [2.75, 3.05) is 10.8 Å². The standard InChI is InChI=1S/C14H18N4O2S/c1-10-9-18(13-6-4-3-5-12(13)7-15-10)21(19,20)14-8-16-17-11(14)2/h3-6,8,10,15H,7,9H2,1-2H3,(H,16,17). The van der Waals surface area contributed by atoms with Crippen molar-refractivity contribution in [3.8, 4) is 0 Å². The lowest BCUT2D eigenvalue weighted by atomic mass is 10.2. The Labute approximate surface area is 124 Å². The van der Waals surface area contributed by atoms with Gasteiger partial charge in [-0.05, 0) is 25.5 Å². The molecular formula is C14H18N4O2S. The predicted molar refractivity (Wildman–Crippen MR) is 80.6 cm³/mol. The highest BCUT2D eigenvalue weighted by Gasteiger charge is 2.31. The van der Waals surface area contributed by atoms with Crippen molar-refractivity contribution >= 4 is 15.7 Å². The summed E-state index contributed by atoms with van der Waals surface area (Å²) in [4.78, 5) is 0.228. The highest BCUT2D eigenvalue weighted by atomic mass is 32.2. The number of sulfonamides is 1. The maximum Gasteiger partial charge on any atom is 0.267 e. The fourth-order valence-corrected chi connectivity index (χ4v) is 4.26. The molecule has 2 N–H and O–H groups in total. The fraction of sp³-hybridized carbons (Fsp3) is 0.357. The number of H-pyrrole nitrogens is 1. The number of aromatic nitrogens is 2. The minimum absolute atomic E-state index is 0.0689. The van der Waals surface area contributed by atoms with Gasteiger partial charge in [0.05, 0.1) is 17.6 Å². The van der Waals surface area contributed by atoms with Gasteiger partial charge in [-0.1, -0.05) is 18.2 Å². The molecule has 0 saturated heterocycles. The van der Waals surface area contributed by atoms with Crippen molar-refractivity contribution in [3.63, 3.8) is 0 Å². The van der Waals surface area contributed by atoms with Crippen molar-refractivity contribution in [2.45, 2.75) is 31.3 Å². The third-order valence-corrected chi connectivity index (χ3v) is 5.59. The zero-order valence-corrected chi connectivity index (χ0v) is 12.8. The number of aromatic amines is 1. The SMILES string of the molecule is Cc1[nH]ncc1S(=O)(=O)N1CC(C)NCc2ccccc21. The van der Waals surface area contributed by atoms with E-state index < -0.39 is 10.0 Å². The lowest BCUT2D eigenvalue weighted by Crippen LogP contribution is -2.39. The predicted octanol–water partition coefficient (Wildman–Crippen LogP) is 1.41. The van der Waals surface area contributed by atoms with Crippen molar-refractivity contribution < 1.29 is 8.42 Å². The normalized spacial score (nSPS) is 19.1. The molecule has 0 amide bonds. The van der Waals surface area contributed by atoms with Crippen LogP contribution >= 0.6 is 0 Å². The van der Waals surface area contributed by atoms with Crippen LogP contribution in [0, 0.1) is 6.92 Å². The van der Waals surface area contributed by atoms with Crippen molar-refractivity contribution in [3.05, 3.63) is 41.7 Å². The largest absolute Gasteiger partial charge is 0.308 e. The number of anilines is 1. The van der Waals surface area contributed by atoms with Crippen molar-refractivity contribution in [1.82, 2.24) is 15.5 Å². The Balaban J connectivity index is 2.14. The topological polar surface area (TPSA) is 78.1 Å². The summed E-state index contributed by atoms with van der Waals surface area (Å²) in [7, 11) is -3.62. The van der Waals surface area contributed by atoms with E-state index in [-0.39, 0.29) is 10.9 Å². The van der Waals surface area contributed by atoms with Crippen molar-refractivity contribution in [2.24, 2.45) is 0 Å². The second-order valence-corrected chi connectivity index (χ2v) is 7.14. The Morgan fingerprint density at radius 3 is 2.81 bits per heavy atom. The summed E-state index contributed by atoms with van der Waals surface area (Å²) in [6.07, 6.45) is 1.37. The number of benzene rings is 1. The first-order valence-corrected chi connectivity index (χ1v) is 8.28. The minimum atomic E-state index is -3.62. The van der Waals surface area contributed by atoms with Gasteiger partial charge < -0.3 is 5.32 Å². The van der Waals surface area contributed by atoms with Crippen LogP contribution in [0.25, 0.3) is 0 Å². The van der Waals surface area contributed by atoms with Crippen LogP contribution in [0.15, 0.2) is 35.4 Å². The molecule has 0 saturated carbocycles. The minimum Gasteiger partial charge on any atom is -0.308 e. The molecule has 21 heavy (non-hydrogen) atoms. The molecule has 2 heterocycles. The zero-order valence-electron chi connectivity index (χ0n) is 12.0. The third kappa shape index (κ3) is 2.43. The average molecular weight is 306 g/mol. The molecule has 0 fully saturated rings. The molecule has 0 radical (unpaired) electrons. The quantitative estimate of drug-likeness (QED) is 0.879. The highest BCUT2D eigenvalue weighted by Crippen LogP contribution is 2.29. The van der Waals surface area contributed by atoms with Gasteiger partial charge in [0.2, 0.25) is 0 Å². The van der Waals surface area contributed by atoms with Crippen LogP contribution in [0.1, 0.15) is 18.2 Å². The Bertz CT molecular complexity index is 754. The van der Waals surface area contributed by atoms with E-state index in [0.717, 1.165) is 11.3 Å². The number of fused-ring (bicyclic) bond motifs is 1. The average Bonchev–Trinajstić information content (AvgIpc) is 2.81. The molecule has 2 aromatic rings. The van der Waals surface area contributed by atoms with E-state index in [1.807, 2.05) is 31.2 Å². The number of nitrogens with zero attached hydrogens (tertiary/aromatic N) is 2. The van der Waals surface area contributed by atoms with Crippen LogP contribution in [0.5, 0.6) is 0 Å². The maximum atomic E-state index is 13.0. The van der Waals surface area contributed by atoms with E-state index >= 15 is 0 Å². The summed E-state index contributed by atoms with van der Waals surface area (Å²) in [5.74, 6) is 0. The second-order valence-electron chi connectivity index (χ2n) is 5.31. The van der Waals surface area contributed by atoms with Gasteiger partial charge in [0.15, 0.2) is 0 Å². The van der Waals surface area contributed by atoms with E-state index in [1.54, 1.807) is 6.92 Å². The number of hydrogen-bond acceptors (Lipinski definition) is 4. The number of rotatable bonds is 2. The van der Waals surface area contributed by atoms with Crippen LogP contribution in [0.4, 0.5) is 5.69 Å². The molecule has 1 unspecified atom stereocenters. The van der Waals surface area contributed by atoms with Crippen LogP contribution in [-0.4, -0.2) is 31.2 Å². The fourth-order valence-electron chi connectivity index (χ4n) is 2.55. The van der Waals surface area contributed by atoms with E-state index in [0.29, 0.717) is 18.8 Å². The number of nitrogens with one attached hydrogen (secondary N) is 2. The summed E-state index contributed by atoms with van der Waals surface area (Å²) >= 11 is 0. The van der Waals surface area contributed by atoms with Gasteiger partial charge in [-0.25, -0.2) is 8.42 Å². The first-order chi connectivity index (χ1) is 10.00. The lowest BCUT2D eigenvalue weighted by molar-refractivity contribution is 0.556. The smallest absolute Gasteiger partial charge is 0.267 e. The van der Waals surface area contributed by atoms with Gasteiger partial charge in [0.1, 0.15) is 4.90 Å². The summed E-state index contributed by atoms with van der Waals surface area (Å²) in [5.41, 5.74) is 2.26. The molecule has 1 aromatic heterocycles. The molecule has 6 nitrogen and oxygen atoms in total. The van der Waals surface area contributed by atoms with Crippen LogP contribution in [0.3, 0.4) is 0 Å². The molecule has 0 spiro atoms. The molecule has 1 aliphatic rings. The molecule has 3 rings (SSSR count). The molecule has 1 aromatic carbocycles. The van der Waals surface area contributed by atoms with Gasteiger partial charge in [-0.2, -0.15) is 5.10 Å². The number of hydrogen-bond donors (Lipinski definition) is 2. The Morgan fingerprint density at radius 1 is 1.33 bits per heavy atom. The molecule has 7 heteroatoms. The van der Waals surface area contributed by atoms with Crippen LogP contribution in [0.2, 0.25) is 0 Å². The second kappa shape index (κ2) is 5.16. The zero-order chi connectivity index (χ0) is 15.0. The number of para-hydroxylation sites is 1. The Morgan fingerprint density at radius 2 is 2.10 bits per heavy atom. The van der Waals surface area contributed by atoms with E-state index in [1.165, 1.54) is 10.5 Å². The Hall–Kier alpha value is -1.86. The highest BCUT2D eigenvalue weighted by molar-refractivity contribution is 7.92. The van der Waals surface area contributed by atoms with Crippen LogP contribution in [-0.2, 0) is 16.6 Å². The molecule has 0 bridgehead atoms. The van der Waals surface area contributed by atoms with E-state index in [2.05, 4.69) is 15.5 Å². The maximum absolute atomic E-state index is 13.0. The van der Waals surface area contributed by atoms with Gasteiger partial charge in [0.25, 0.3) is 10.0 Å². The first kappa shape index (κ1) is 14.1.